The Labute approximate surface area is 170 Å². The summed E-state index contributed by atoms with van der Waals surface area (Å²) in [6, 6.07) is 0. The summed E-state index contributed by atoms with van der Waals surface area (Å²) >= 11 is 0. The molecule has 0 radical (unpaired) electrons. The molecule has 0 spiro atoms. The lowest BCUT2D eigenvalue weighted by Gasteiger charge is -2.16. The van der Waals surface area contributed by atoms with Gasteiger partial charge in [0.1, 0.15) is 6.61 Å². The molecule has 2 heteroatoms. The van der Waals surface area contributed by atoms with Crippen LogP contribution in [0.15, 0.2) is 12.2 Å². The molecule has 0 aliphatic carbocycles. The van der Waals surface area contributed by atoms with Crippen LogP contribution in [-0.4, -0.2) is 12.6 Å². The van der Waals surface area contributed by atoms with Crippen molar-refractivity contribution >= 4 is 5.97 Å². The molecule has 0 heterocycles. The maximum Gasteiger partial charge on any atom is 0.306 e. The molecule has 160 valence electrons. The normalized spacial score (nSPS) is 12.6. The van der Waals surface area contributed by atoms with Crippen LogP contribution in [0.1, 0.15) is 130 Å². The van der Waals surface area contributed by atoms with Gasteiger partial charge in [-0.3, -0.25) is 4.79 Å². The van der Waals surface area contributed by atoms with Crippen LogP contribution in [0.3, 0.4) is 0 Å². The molecule has 1 unspecified atom stereocenters. The molecular weight excluding hydrogens is 332 g/mol. The standard InChI is InChI=1S/C25H48O2/c1-4-7-10-12-14-15-17-19-21-24(20-18-16-13-11-8-5-2)23-25(26)27-22-9-6-3/h6,9,24H,4-5,7-8,10-23H2,1-3H3/b9-6+. The Morgan fingerprint density at radius 1 is 0.741 bits per heavy atom. The molecule has 0 saturated heterocycles. The van der Waals surface area contributed by atoms with Gasteiger partial charge in [0.2, 0.25) is 0 Å². The number of hydrogen-bond donors (Lipinski definition) is 0. The predicted octanol–water partition coefficient (Wildman–Crippen LogP) is 8.39. The molecule has 0 aliphatic heterocycles. The number of carbonyl (C=O) groups is 1. The predicted molar refractivity (Wildman–Crippen MR) is 119 cm³/mol. The molecule has 0 aliphatic rings. The molecule has 0 bridgehead atoms. The van der Waals surface area contributed by atoms with Crippen molar-refractivity contribution in [2.45, 2.75) is 130 Å². The van der Waals surface area contributed by atoms with Crippen LogP contribution in [0, 0.1) is 5.92 Å². The molecule has 27 heavy (non-hydrogen) atoms. The minimum atomic E-state index is -0.0105. The van der Waals surface area contributed by atoms with Crippen molar-refractivity contribution in [1.82, 2.24) is 0 Å². The first-order valence-electron chi connectivity index (χ1n) is 12.0. The first kappa shape index (κ1) is 26.2. The Balaban J connectivity index is 3.98. The summed E-state index contributed by atoms with van der Waals surface area (Å²) in [6.07, 6.45) is 25.7. The van der Waals surface area contributed by atoms with E-state index < -0.39 is 0 Å². The highest BCUT2D eigenvalue weighted by molar-refractivity contribution is 5.69. The zero-order valence-electron chi connectivity index (χ0n) is 18.8. The van der Waals surface area contributed by atoms with Gasteiger partial charge in [-0.05, 0) is 25.7 Å². The van der Waals surface area contributed by atoms with Gasteiger partial charge in [0.25, 0.3) is 0 Å². The lowest BCUT2D eigenvalue weighted by atomic mass is 9.91. The number of hydrogen-bond acceptors (Lipinski definition) is 2. The minimum absolute atomic E-state index is 0.0105. The zero-order chi connectivity index (χ0) is 20.0. The monoisotopic (exact) mass is 380 g/mol. The molecule has 0 amide bonds. The van der Waals surface area contributed by atoms with Gasteiger partial charge >= 0.3 is 5.97 Å². The van der Waals surface area contributed by atoms with Crippen molar-refractivity contribution < 1.29 is 9.53 Å². The van der Waals surface area contributed by atoms with E-state index in [1.165, 1.54) is 103 Å². The van der Waals surface area contributed by atoms with E-state index >= 15 is 0 Å². The topological polar surface area (TPSA) is 26.3 Å². The maximum absolute atomic E-state index is 12.1. The first-order valence-corrected chi connectivity index (χ1v) is 12.0. The molecule has 0 saturated carbocycles. The Morgan fingerprint density at radius 2 is 1.19 bits per heavy atom. The molecule has 2 nitrogen and oxygen atoms in total. The quantitative estimate of drug-likeness (QED) is 0.120. The van der Waals surface area contributed by atoms with E-state index in [1.807, 2.05) is 19.1 Å². The van der Waals surface area contributed by atoms with Crippen LogP contribution in [0.25, 0.3) is 0 Å². The lowest BCUT2D eigenvalue weighted by Crippen LogP contribution is -2.12. The van der Waals surface area contributed by atoms with Gasteiger partial charge in [-0.2, -0.15) is 0 Å². The third-order valence-electron chi connectivity index (χ3n) is 5.46. The van der Waals surface area contributed by atoms with Crippen molar-refractivity contribution in [1.29, 1.82) is 0 Å². The van der Waals surface area contributed by atoms with Crippen LogP contribution < -0.4 is 0 Å². The number of unbranched alkanes of at least 4 members (excludes halogenated alkanes) is 12. The molecule has 0 aromatic heterocycles. The van der Waals surface area contributed by atoms with E-state index in [2.05, 4.69) is 13.8 Å². The van der Waals surface area contributed by atoms with Crippen molar-refractivity contribution in [2.75, 3.05) is 6.61 Å². The van der Waals surface area contributed by atoms with Crippen molar-refractivity contribution in [3.63, 3.8) is 0 Å². The summed E-state index contributed by atoms with van der Waals surface area (Å²) in [5.74, 6) is 0.512. The van der Waals surface area contributed by atoms with Crippen LogP contribution >= 0.6 is 0 Å². The fraction of sp³-hybridized carbons (Fsp3) is 0.880. The first-order chi connectivity index (χ1) is 13.2. The molecule has 0 aromatic rings. The number of ether oxygens (including phenoxy) is 1. The molecule has 0 aromatic carbocycles. The van der Waals surface area contributed by atoms with E-state index in [9.17, 15) is 4.79 Å². The second-order valence-electron chi connectivity index (χ2n) is 8.14. The van der Waals surface area contributed by atoms with Gasteiger partial charge in [0, 0.05) is 6.42 Å². The number of carbonyl (C=O) groups excluding carboxylic acids is 1. The summed E-state index contributed by atoms with van der Waals surface area (Å²) in [4.78, 5) is 12.1. The highest BCUT2D eigenvalue weighted by Crippen LogP contribution is 2.22. The van der Waals surface area contributed by atoms with Gasteiger partial charge in [-0.1, -0.05) is 116 Å². The third kappa shape index (κ3) is 19.8. The van der Waals surface area contributed by atoms with Crippen molar-refractivity contribution in [2.24, 2.45) is 5.92 Å². The van der Waals surface area contributed by atoms with Crippen LogP contribution in [-0.2, 0) is 9.53 Å². The van der Waals surface area contributed by atoms with E-state index in [0.29, 0.717) is 18.9 Å². The molecule has 0 rings (SSSR count). The average Bonchev–Trinajstić information content (AvgIpc) is 2.66. The fourth-order valence-electron chi connectivity index (χ4n) is 3.66. The van der Waals surface area contributed by atoms with E-state index in [4.69, 9.17) is 4.74 Å². The van der Waals surface area contributed by atoms with Crippen LogP contribution in [0.2, 0.25) is 0 Å². The van der Waals surface area contributed by atoms with Crippen molar-refractivity contribution in [3.05, 3.63) is 12.2 Å². The Morgan fingerprint density at radius 3 is 1.63 bits per heavy atom. The highest BCUT2D eigenvalue weighted by atomic mass is 16.5. The zero-order valence-corrected chi connectivity index (χ0v) is 18.8. The Bertz CT molecular complexity index is 335. The second kappa shape index (κ2) is 21.5. The Kier molecular flexibility index (Phi) is 20.9. The molecular formula is C25H48O2. The van der Waals surface area contributed by atoms with Crippen molar-refractivity contribution in [3.8, 4) is 0 Å². The second-order valence-corrected chi connectivity index (χ2v) is 8.14. The van der Waals surface area contributed by atoms with E-state index in [1.54, 1.807) is 0 Å². The van der Waals surface area contributed by atoms with E-state index in [0.717, 1.165) is 0 Å². The maximum atomic E-state index is 12.1. The summed E-state index contributed by atoms with van der Waals surface area (Å²) in [5, 5.41) is 0. The summed E-state index contributed by atoms with van der Waals surface area (Å²) in [6.45, 7) is 6.92. The highest BCUT2D eigenvalue weighted by Gasteiger charge is 2.14. The van der Waals surface area contributed by atoms with Gasteiger partial charge in [-0.15, -0.1) is 0 Å². The van der Waals surface area contributed by atoms with Gasteiger partial charge in [0.05, 0.1) is 0 Å². The largest absolute Gasteiger partial charge is 0.461 e. The van der Waals surface area contributed by atoms with E-state index in [-0.39, 0.29) is 5.97 Å². The summed E-state index contributed by atoms with van der Waals surface area (Å²) in [5.41, 5.74) is 0. The molecule has 1 atom stereocenters. The van der Waals surface area contributed by atoms with Crippen LogP contribution in [0.5, 0.6) is 0 Å². The average molecular weight is 381 g/mol. The SMILES string of the molecule is C/C=C/COC(=O)CC(CCCCCCCC)CCCCCCCCCC. The number of esters is 1. The van der Waals surface area contributed by atoms with Gasteiger partial charge in [-0.25, -0.2) is 0 Å². The molecule has 0 N–H and O–H groups in total. The summed E-state index contributed by atoms with van der Waals surface area (Å²) in [7, 11) is 0. The molecule has 0 fully saturated rings. The van der Waals surface area contributed by atoms with Gasteiger partial charge < -0.3 is 4.74 Å². The smallest absolute Gasteiger partial charge is 0.306 e. The number of allylic oxidation sites excluding steroid dienone is 1. The third-order valence-corrected chi connectivity index (χ3v) is 5.46. The Hall–Kier alpha value is -0.790. The van der Waals surface area contributed by atoms with Crippen LogP contribution in [0.4, 0.5) is 0 Å². The lowest BCUT2D eigenvalue weighted by molar-refractivity contribution is -0.143. The van der Waals surface area contributed by atoms with Gasteiger partial charge in [0.15, 0.2) is 0 Å². The summed E-state index contributed by atoms with van der Waals surface area (Å²) < 4.78 is 5.33. The minimum Gasteiger partial charge on any atom is -0.461 e. The number of rotatable bonds is 20. The fourth-order valence-corrected chi connectivity index (χ4v) is 3.66.